The summed E-state index contributed by atoms with van der Waals surface area (Å²) in [4.78, 5) is 9.53. The van der Waals surface area contributed by atoms with Gasteiger partial charge in [0.15, 0.2) is 0 Å². The van der Waals surface area contributed by atoms with Crippen LogP contribution >= 0.6 is 0 Å². The zero-order valence-electron chi connectivity index (χ0n) is 12.7. The number of aromatic nitrogens is 1. The van der Waals surface area contributed by atoms with E-state index in [9.17, 15) is 0 Å². The molecule has 1 aromatic rings. The molecule has 4 nitrogen and oxygen atoms in total. The van der Waals surface area contributed by atoms with E-state index in [1.165, 1.54) is 57.8 Å². The first-order valence-electron chi connectivity index (χ1n) is 8.44. The maximum Gasteiger partial charge on any atom is 0.0312 e. The van der Waals surface area contributed by atoms with Gasteiger partial charge in [-0.1, -0.05) is 6.07 Å². The SMILES string of the molecule is c1cncc(CN2CCCN(CC3[C@H]4CNC[C@@H]34)CC2)c1. The van der Waals surface area contributed by atoms with Crippen LogP contribution in [-0.4, -0.2) is 60.6 Å². The van der Waals surface area contributed by atoms with Gasteiger partial charge in [0.2, 0.25) is 0 Å². The molecule has 3 atom stereocenters. The van der Waals surface area contributed by atoms with Crippen LogP contribution in [0.3, 0.4) is 0 Å². The third kappa shape index (κ3) is 3.12. The lowest BCUT2D eigenvalue weighted by Gasteiger charge is -2.22. The van der Waals surface area contributed by atoms with E-state index in [1.807, 2.05) is 18.5 Å². The second-order valence-corrected chi connectivity index (χ2v) is 6.94. The lowest BCUT2D eigenvalue weighted by molar-refractivity contribution is 0.239. The molecular weight excluding hydrogens is 260 g/mol. The van der Waals surface area contributed by atoms with Crippen LogP contribution in [0, 0.1) is 17.8 Å². The van der Waals surface area contributed by atoms with Gasteiger partial charge in [-0.15, -0.1) is 0 Å². The molecule has 1 unspecified atom stereocenters. The highest BCUT2D eigenvalue weighted by molar-refractivity contribution is 5.08. The Morgan fingerprint density at radius 2 is 1.90 bits per heavy atom. The second kappa shape index (κ2) is 6.03. The fraction of sp³-hybridized carbons (Fsp3) is 0.706. The lowest BCUT2D eigenvalue weighted by atomic mass is 10.2. The van der Waals surface area contributed by atoms with E-state index < -0.39 is 0 Å². The summed E-state index contributed by atoms with van der Waals surface area (Å²) in [6.07, 6.45) is 5.16. The van der Waals surface area contributed by atoms with Gasteiger partial charge in [0, 0.05) is 38.6 Å². The predicted octanol–water partition coefficient (Wildman–Crippen LogP) is 1.05. The van der Waals surface area contributed by atoms with E-state index in [2.05, 4.69) is 26.2 Å². The molecule has 0 bridgehead atoms. The van der Waals surface area contributed by atoms with Gasteiger partial charge >= 0.3 is 0 Å². The molecule has 4 rings (SSSR count). The smallest absolute Gasteiger partial charge is 0.0312 e. The van der Waals surface area contributed by atoms with E-state index in [0.717, 1.165) is 24.3 Å². The summed E-state index contributed by atoms with van der Waals surface area (Å²) >= 11 is 0. The molecule has 2 aliphatic heterocycles. The maximum atomic E-state index is 4.23. The topological polar surface area (TPSA) is 31.4 Å². The molecule has 2 saturated heterocycles. The molecule has 1 aliphatic carbocycles. The van der Waals surface area contributed by atoms with Crippen LogP contribution in [0.4, 0.5) is 0 Å². The Labute approximate surface area is 127 Å². The third-order valence-electron chi connectivity index (χ3n) is 5.55. The average molecular weight is 286 g/mol. The number of fused-ring (bicyclic) bond motifs is 1. The molecule has 0 amide bonds. The van der Waals surface area contributed by atoms with Crippen LogP contribution in [0.5, 0.6) is 0 Å². The van der Waals surface area contributed by atoms with Gasteiger partial charge in [0.1, 0.15) is 0 Å². The first kappa shape index (κ1) is 13.7. The molecule has 3 fully saturated rings. The number of rotatable bonds is 4. The minimum Gasteiger partial charge on any atom is -0.316 e. The highest BCUT2D eigenvalue weighted by Gasteiger charge is 2.52. The Hall–Kier alpha value is -0.970. The van der Waals surface area contributed by atoms with Crippen LogP contribution < -0.4 is 5.32 Å². The van der Waals surface area contributed by atoms with Crippen molar-refractivity contribution in [2.24, 2.45) is 17.8 Å². The average Bonchev–Trinajstić information content (AvgIpc) is 3.00. The quantitative estimate of drug-likeness (QED) is 0.897. The maximum absolute atomic E-state index is 4.23. The van der Waals surface area contributed by atoms with Crippen molar-refractivity contribution in [2.75, 3.05) is 45.8 Å². The first-order valence-corrected chi connectivity index (χ1v) is 8.44. The molecule has 0 aromatic carbocycles. The van der Waals surface area contributed by atoms with Crippen molar-refractivity contribution < 1.29 is 0 Å². The molecule has 114 valence electrons. The standard InChI is InChI=1S/C17H26N4/c1-3-14(9-18-4-1)12-20-5-2-6-21(8-7-20)13-17-15-10-19-11-16(15)17/h1,3-4,9,15-17,19H,2,5-8,10-13H2/t15-,16+,17?. The van der Waals surface area contributed by atoms with Gasteiger partial charge in [-0.2, -0.15) is 0 Å². The minimum atomic E-state index is 0.996. The summed E-state index contributed by atoms with van der Waals surface area (Å²) < 4.78 is 0. The number of hydrogen-bond donors (Lipinski definition) is 1. The third-order valence-corrected chi connectivity index (χ3v) is 5.55. The molecule has 1 N–H and O–H groups in total. The number of pyridine rings is 1. The van der Waals surface area contributed by atoms with Crippen molar-refractivity contribution in [2.45, 2.75) is 13.0 Å². The van der Waals surface area contributed by atoms with Crippen molar-refractivity contribution in [1.29, 1.82) is 0 Å². The Bertz CT molecular complexity index is 453. The van der Waals surface area contributed by atoms with E-state index in [0.29, 0.717) is 0 Å². The Kier molecular flexibility index (Phi) is 3.93. The van der Waals surface area contributed by atoms with Crippen molar-refractivity contribution in [3.8, 4) is 0 Å². The summed E-state index contributed by atoms with van der Waals surface area (Å²) in [5, 5.41) is 3.50. The van der Waals surface area contributed by atoms with Gasteiger partial charge in [0.05, 0.1) is 0 Å². The molecule has 3 heterocycles. The summed E-state index contributed by atoms with van der Waals surface area (Å²) in [5.74, 6) is 3.00. The fourth-order valence-electron chi connectivity index (χ4n) is 4.23. The van der Waals surface area contributed by atoms with Crippen molar-refractivity contribution in [3.05, 3.63) is 30.1 Å². The molecule has 1 saturated carbocycles. The molecule has 0 radical (unpaired) electrons. The molecule has 0 spiro atoms. The van der Waals surface area contributed by atoms with E-state index in [-0.39, 0.29) is 0 Å². The van der Waals surface area contributed by atoms with Gasteiger partial charge in [-0.3, -0.25) is 9.88 Å². The largest absolute Gasteiger partial charge is 0.316 e. The summed E-state index contributed by atoms with van der Waals surface area (Å²) in [6, 6.07) is 4.23. The van der Waals surface area contributed by atoms with Crippen LogP contribution in [0.1, 0.15) is 12.0 Å². The van der Waals surface area contributed by atoms with Gasteiger partial charge in [-0.05, 0) is 62.0 Å². The lowest BCUT2D eigenvalue weighted by Crippen LogP contribution is -2.33. The Morgan fingerprint density at radius 1 is 1.10 bits per heavy atom. The predicted molar refractivity (Wildman–Crippen MR) is 83.9 cm³/mol. The molecule has 1 aromatic heterocycles. The number of nitrogens with zero attached hydrogens (tertiary/aromatic N) is 3. The summed E-state index contributed by atoms with van der Waals surface area (Å²) in [6.45, 7) is 9.90. The van der Waals surface area contributed by atoms with E-state index in [1.54, 1.807) is 0 Å². The Morgan fingerprint density at radius 3 is 2.71 bits per heavy atom. The highest BCUT2D eigenvalue weighted by Crippen LogP contribution is 2.48. The van der Waals surface area contributed by atoms with Crippen LogP contribution in [0.25, 0.3) is 0 Å². The van der Waals surface area contributed by atoms with Crippen molar-refractivity contribution in [1.82, 2.24) is 20.1 Å². The fourth-order valence-corrected chi connectivity index (χ4v) is 4.23. The van der Waals surface area contributed by atoms with Crippen LogP contribution in [-0.2, 0) is 6.54 Å². The van der Waals surface area contributed by atoms with Crippen LogP contribution in [0.15, 0.2) is 24.5 Å². The summed E-state index contributed by atoms with van der Waals surface area (Å²) in [5.41, 5.74) is 1.34. The van der Waals surface area contributed by atoms with Gasteiger partial charge in [0.25, 0.3) is 0 Å². The van der Waals surface area contributed by atoms with Gasteiger partial charge < -0.3 is 10.2 Å². The summed E-state index contributed by atoms with van der Waals surface area (Å²) in [7, 11) is 0. The molecule has 4 heteroatoms. The number of nitrogens with one attached hydrogen (secondary N) is 1. The normalized spacial score (nSPS) is 33.6. The Balaban J connectivity index is 1.26. The monoisotopic (exact) mass is 286 g/mol. The first-order chi connectivity index (χ1) is 10.4. The number of piperidine rings is 1. The van der Waals surface area contributed by atoms with E-state index in [4.69, 9.17) is 0 Å². The second-order valence-electron chi connectivity index (χ2n) is 6.94. The van der Waals surface area contributed by atoms with E-state index >= 15 is 0 Å². The minimum absolute atomic E-state index is 0.996. The molecule has 3 aliphatic rings. The number of hydrogen-bond acceptors (Lipinski definition) is 4. The zero-order chi connectivity index (χ0) is 14.1. The van der Waals surface area contributed by atoms with Crippen molar-refractivity contribution >= 4 is 0 Å². The van der Waals surface area contributed by atoms with Crippen LogP contribution in [0.2, 0.25) is 0 Å². The van der Waals surface area contributed by atoms with Gasteiger partial charge in [-0.25, -0.2) is 0 Å². The molecular formula is C17H26N4. The zero-order valence-corrected chi connectivity index (χ0v) is 12.7. The highest BCUT2D eigenvalue weighted by atomic mass is 15.2. The molecule has 21 heavy (non-hydrogen) atoms. The van der Waals surface area contributed by atoms with Crippen molar-refractivity contribution in [3.63, 3.8) is 0 Å².